The van der Waals surface area contributed by atoms with Gasteiger partial charge in [0.2, 0.25) is 0 Å². The number of hydrogen-bond donors (Lipinski definition) is 2. The molecular weight excluding hydrogens is 274 g/mol. The molecule has 0 saturated carbocycles. The molecule has 0 aromatic heterocycles. The van der Waals surface area contributed by atoms with E-state index in [0.29, 0.717) is 12.3 Å². The van der Waals surface area contributed by atoms with Crippen LogP contribution in [-0.2, 0) is 6.54 Å². The number of methoxy groups -OCH3 is 1. The second kappa shape index (κ2) is 6.64. The second-order valence-electron chi connectivity index (χ2n) is 4.66. The van der Waals surface area contributed by atoms with Gasteiger partial charge < -0.3 is 15.2 Å². The average Bonchev–Trinajstić information content (AvgIpc) is 2.45. The first-order chi connectivity index (χ1) is 9.60. The summed E-state index contributed by atoms with van der Waals surface area (Å²) in [5, 5.41) is 13.9. The van der Waals surface area contributed by atoms with Gasteiger partial charge >= 0.3 is 0 Å². The van der Waals surface area contributed by atoms with Gasteiger partial charge in [-0.15, -0.1) is 0 Å². The lowest BCUT2D eigenvalue weighted by atomic mass is 10.1. The standard InChI is InChI=1S/C16H18ClNO2/c1-11(13-4-6-14(17)7-5-13)18-10-12-3-8-16(20-2)15(19)9-12/h3-9,11,18-19H,10H2,1-2H3. The van der Waals surface area contributed by atoms with E-state index >= 15 is 0 Å². The van der Waals surface area contributed by atoms with E-state index in [-0.39, 0.29) is 11.8 Å². The van der Waals surface area contributed by atoms with Crippen LogP contribution < -0.4 is 10.1 Å². The molecule has 0 heterocycles. The van der Waals surface area contributed by atoms with Gasteiger partial charge in [-0.1, -0.05) is 29.8 Å². The molecule has 0 aliphatic rings. The lowest BCUT2D eigenvalue weighted by molar-refractivity contribution is 0.373. The van der Waals surface area contributed by atoms with Crippen LogP contribution in [0.25, 0.3) is 0 Å². The number of halogens is 1. The van der Waals surface area contributed by atoms with Crippen LogP contribution in [0.4, 0.5) is 0 Å². The first-order valence-electron chi connectivity index (χ1n) is 6.45. The largest absolute Gasteiger partial charge is 0.504 e. The molecule has 0 aliphatic carbocycles. The molecule has 0 fully saturated rings. The van der Waals surface area contributed by atoms with Gasteiger partial charge in [0.1, 0.15) is 0 Å². The number of hydrogen-bond acceptors (Lipinski definition) is 3. The Hall–Kier alpha value is -1.71. The Morgan fingerprint density at radius 2 is 1.90 bits per heavy atom. The summed E-state index contributed by atoms with van der Waals surface area (Å²) < 4.78 is 5.02. The molecule has 1 atom stereocenters. The van der Waals surface area contributed by atoms with Gasteiger partial charge in [-0.2, -0.15) is 0 Å². The van der Waals surface area contributed by atoms with E-state index < -0.39 is 0 Å². The first kappa shape index (κ1) is 14.7. The summed E-state index contributed by atoms with van der Waals surface area (Å²) in [7, 11) is 1.54. The SMILES string of the molecule is COc1ccc(CNC(C)c2ccc(Cl)cc2)cc1O. The highest BCUT2D eigenvalue weighted by molar-refractivity contribution is 6.30. The quantitative estimate of drug-likeness (QED) is 0.878. The maximum absolute atomic E-state index is 9.74. The highest BCUT2D eigenvalue weighted by atomic mass is 35.5. The molecule has 0 amide bonds. The molecule has 2 N–H and O–H groups in total. The number of ether oxygens (including phenoxy) is 1. The Morgan fingerprint density at radius 3 is 2.50 bits per heavy atom. The number of rotatable bonds is 5. The van der Waals surface area contributed by atoms with Gasteiger partial charge in [-0.05, 0) is 42.3 Å². The topological polar surface area (TPSA) is 41.5 Å². The van der Waals surface area contributed by atoms with Gasteiger partial charge in [0, 0.05) is 17.6 Å². The zero-order valence-electron chi connectivity index (χ0n) is 11.6. The van der Waals surface area contributed by atoms with Crippen molar-refractivity contribution < 1.29 is 9.84 Å². The minimum absolute atomic E-state index is 0.158. The van der Waals surface area contributed by atoms with Crippen LogP contribution >= 0.6 is 11.6 Å². The van der Waals surface area contributed by atoms with Gasteiger partial charge in [-0.25, -0.2) is 0 Å². The Labute approximate surface area is 124 Å². The zero-order valence-corrected chi connectivity index (χ0v) is 12.3. The van der Waals surface area contributed by atoms with E-state index in [1.54, 1.807) is 12.1 Å². The number of benzene rings is 2. The van der Waals surface area contributed by atoms with Gasteiger partial charge in [-0.3, -0.25) is 0 Å². The molecule has 2 rings (SSSR count). The molecular formula is C16H18ClNO2. The summed E-state index contributed by atoms with van der Waals surface area (Å²) in [4.78, 5) is 0. The Kier molecular flexibility index (Phi) is 4.88. The fourth-order valence-corrected chi connectivity index (χ4v) is 2.11. The molecule has 3 nitrogen and oxygen atoms in total. The Bertz CT molecular complexity index is 569. The van der Waals surface area contributed by atoms with E-state index in [2.05, 4.69) is 12.2 Å². The van der Waals surface area contributed by atoms with Crippen molar-refractivity contribution >= 4 is 11.6 Å². The summed E-state index contributed by atoms with van der Waals surface area (Å²) in [5.74, 6) is 0.644. The fourth-order valence-electron chi connectivity index (χ4n) is 1.99. The van der Waals surface area contributed by atoms with Crippen molar-refractivity contribution in [3.63, 3.8) is 0 Å². The van der Waals surface area contributed by atoms with Crippen molar-refractivity contribution in [3.8, 4) is 11.5 Å². The van der Waals surface area contributed by atoms with E-state index in [1.807, 2.05) is 30.3 Å². The van der Waals surface area contributed by atoms with Crippen LogP contribution in [-0.4, -0.2) is 12.2 Å². The molecule has 0 bridgehead atoms. The maximum Gasteiger partial charge on any atom is 0.160 e. The lowest BCUT2D eigenvalue weighted by Gasteiger charge is -2.15. The molecule has 4 heteroatoms. The monoisotopic (exact) mass is 291 g/mol. The number of phenolic OH excluding ortho intramolecular Hbond substituents is 1. The van der Waals surface area contributed by atoms with Crippen LogP contribution in [0.1, 0.15) is 24.1 Å². The van der Waals surface area contributed by atoms with Gasteiger partial charge in [0.15, 0.2) is 11.5 Å². The molecule has 0 aliphatic heterocycles. The number of phenols is 1. The summed E-state index contributed by atoms with van der Waals surface area (Å²) in [6, 6.07) is 13.4. The molecule has 2 aromatic rings. The third kappa shape index (κ3) is 3.65. The minimum atomic E-state index is 0.158. The highest BCUT2D eigenvalue weighted by Crippen LogP contribution is 2.26. The van der Waals surface area contributed by atoms with Crippen molar-refractivity contribution in [2.75, 3.05) is 7.11 Å². The van der Waals surface area contributed by atoms with Crippen LogP contribution in [0.5, 0.6) is 11.5 Å². The molecule has 0 saturated heterocycles. The van der Waals surface area contributed by atoms with E-state index in [0.717, 1.165) is 10.6 Å². The van der Waals surface area contributed by atoms with Crippen molar-refractivity contribution in [2.45, 2.75) is 19.5 Å². The molecule has 106 valence electrons. The summed E-state index contributed by atoms with van der Waals surface area (Å²) >= 11 is 5.88. The summed E-state index contributed by atoms with van der Waals surface area (Å²) in [6.45, 7) is 2.76. The normalized spacial score (nSPS) is 12.2. The fraction of sp³-hybridized carbons (Fsp3) is 0.250. The molecule has 2 aromatic carbocycles. The highest BCUT2D eigenvalue weighted by Gasteiger charge is 2.06. The zero-order chi connectivity index (χ0) is 14.5. The van der Waals surface area contributed by atoms with Crippen LogP contribution in [0.3, 0.4) is 0 Å². The number of aromatic hydroxyl groups is 1. The predicted octanol–water partition coefficient (Wildman–Crippen LogP) is 3.91. The Morgan fingerprint density at radius 1 is 1.20 bits per heavy atom. The van der Waals surface area contributed by atoms with Crippen molar-refractivity contribution in [1.29, 1.82) is 0 Å². The first-order valence-corrected chi connectivity index (χ1v) is 6.82. The van der Waals surface area contributed by atoms with Crippen LogP contribution in [0.2, 0.25) is 5.02 Å². The summed E-state index contributed by atoms with van der Waals surface area (Å²) in [5.41, 5.74) is 2.18. The van der Waals surface area contributed by atoms with E-state index in [1.165, 1.54) is 12.7 Å². The third-order valence-electron chi connectivity index (χ3n) is 3.23. The molecule has 0 radical (unpaired) electrons. The average molecular weight is 292 g/mol. The van der Waals surface area contributed by atoms with Crippen molar-refractivity contribution in [1.82, 2.24) is 5.32 Å². The predicted molar refractivity (Wildman–Crippen MR) is 81.4 cm³/mol. The third-order valence-corrected chi connectivity index (χ3v) is 3.48. The molecule has 20 heavy (non-hydrogen) atoms. The molecule has 0 spiro atoms. The van der Waals surface area contributed by atoms with Crippen molar-refractivity contribution in [2.24, 2.45) is 0 Å². The Balaban J connectivity index is 1.97. The number of nitrogens with one attached hydrogen (secondary N) is 1. The molecule has 1 unspecified atom stereocenters. The summed E-state index contributed by atoms with van der Waals surface area (Å²) in [6.07, 6.45) is 0. The van der Waals surface area contributed by atoms with Gasteiger partial charge in [0.05, 0.1) is 7.11 Å². The minimum Gasteiger partial charge on any atom is -0.504 e. The van der Waals surface area contributed by atoms with Crippen molar-refractivity contribution in [3.05, 3.63) is 58.6 Å². The smallest absolute Gasteiger partial charge is 0.160 e. The van der Waals surface area contributed by atoms with E-state index in [9.17, 15) is 5.11 Å². The van der Waals surface area contributed by atoms with Crippen LogP contribution in [0.15, 0.2) is 42.5 Å². The van der Waals surface area contributed by atoms with Gasteiger partial charge in [0.25, 0.3) is 0 Å². The lowest BCUT2D eigenvalue weighted by Crippen LogP contribution is -2.17. The van der Waals surface area contributed by atoms with E-state index in [4.69, 9.17) is 16.3 Å². The second-order valence-corrected chi connectivity index (χ2v) is 5.10. The van der Waals surface area contributed by atoms with Crippen LogP contribution in [0, 0.1) is 0 Å². The maximum atomic E-state index is 9.74.